The summed E-state index contributed by atoms with van der Waals surface area (Å²) in [6.45, 7) is -3.50. The van der Waals surface area contributed by atoms with Gasteiger partial charge >= 0.3 is 101 Å². The van der Waals surface area contributed by atoms with Gasteiger partial charge in [0.15, 0.2) is 6.17 Å². The second-order valence-electron chi connectivity index (χ2n) is 3.43. The minimum absolute atomic E-state index is 0. The summed E-state index contributed by atoms with van der Waals surface area (Å²) in [7, 11) is 0. The van der Waals surface area contributed by atoms with E-state index in [1.54, 1.807) is 0 Å². The quantitative estimate of drug-likeness (QED) is 0.187. The molecule has 0 aromatic heterocycles. The van der Waals surface area contributed by atoms with Gasteiger partial charge in [-0.3, -0.25) is 14.6 Å². The Hall–Kier alpha value is 1.05. The molecule has 1 fully saturated rings. The van der Waals surface area contributed by atoms with E-state index in [0.29, 0.717) is 14.7 Å². The Labute approximate surface area is 196 Å². The summed E-state index contributed by atoms with van der Waals surface area (Å²) >= 11 is 0. The van der Waals surface area contributed by atoms with Gasteiger partial charge in [-0.15, -0.1) is 0 Å². The molecule has 1 atom stereocenters. The second-order valence-corrected chi connectivity index (χ2v) is 3.43. The van der Waals surface area contributed by atoms with E-state index in [9.17, 15) is 14.4 Å². The van der Waals surface area contributed by atoms with Crippen LogP contribution in [0.25, 0.3) is 0 Å². The Morgan fingerprint density at radius 1 is 1.14 bits per heavy atom. The largest absolute Gasteiger partial charge is 1.00 e. The smallest absolute Gasteiger partial charge is 1.00 e. The maximum Gasteiger partial charge on any atom is 1.00 e. The monoisotopic (exact) mass is 350 g/mol. The molecule has 1 aliphatic rings. The number of hydrogen-bond acceptors (Lipinski definition) is 7. The van der Waals surface area contributed by atoms with Crippen LogP contribution in [0, 0.1) is 0 Å². The normalized spacial score (nSPS) is 16.5. The number of nitrogens with zero attached hydrogens (tertiary/aromatic N) is 3. The fourth-order valence-corrected chi connectivity index (χ4v) is 1.62. The first-order chi connectivity index (χ1) is 9.03. The number of nitrogens with one attached hydrogen (secondary N) is 1. The summed E-state index contributed by atoms with van der Waals surface area (Å²) in [5.41, 5.74) is 0. The molecular weight excluding hydrogens is 333 g/mol. The molecule has 114 valence electrons. The van der Waals surface area contributed by atoms with E-state index >= 15 is 0 Å². The summed E-state index contributed by atoms with van der Waals surface area (Å²) in [5.74, 6) is -0.983. The Morgan fingerprint density at radius 2 is 1.68 bits per heavy atom. The van der Waals surface area contributed by atoms with Crippen LogP contribution in [0.1, 0.15) is 4.28 Å². The molecule has 5 amide bonds. The van der Waals surface area contributed by atoms with Gasteiger partial charge in [0, 0.05) is 0 Å². The Balaban J connectivity index is -0.000000150. The van der Waals surface area contributed by atoms with Crippen LogP contribution >= 0.6 is 0 Å². The molecule has 1 unspecified atom stereocenters. The van der Waals surface area contributed by atoms with E-state index in [1.165, 1.54) is 0 Å². The first-order valence-electron chi connectivity index (χ1n) is 5.13. The SMILES string of the molecule is O=C1C(N(CO)C(=O)NCO)N(CO)C(=O)N1CO.[H-].[H-].[H-].[Na+].[Na+].[Na+]. The number of urea groups is 2. The Kier molecular flexibility index (Phi) is 16.9. The van der Waals surface area contributed by atoms with E-state index in [0.717, 1.165) is 0 Å². The molecule has 14 heteroatoms. The first kappa shape index (κ1) is 27.9. The number of imide groups is 1. The standard InChI is InChI=1S/C8H14N4O7.3Na.3H/c13-1-9-7(18)10(2-14)5-6(17)12(4-16)8(19)11(5)3-15;;;;;;/h5,13-16H,1-4H2,(H,9,18);;;;;;/q;3*+1;3*-1. The van der Waals surface area contributed by atoms with Gasteiger partial charge in [-0.25, -0.2) is 14.5 Å². The number of carbonyl (C=O) groups is 3. The van der Waals surface area contributed by atoms with Crippen molar-refractivity contribution in [1.29, 1.82) is 0 Å². The molecule has 1 aliphatic heterocycles. The van der Waals surface area contributed by atoms with Gasteiger partial charge < -0.3 is 30.0 Å². The second kappa shape index (κ2) is 13.4. The van der Waals surface area contributed by atoms with Crippen molar-refractivity contribution in [3.63, 3.8) is 0 Å². The van der Waals surface area contributed by atoms with Crippen LogP contribution in [0.5, 0.6) is 0 Å². The van der Waals surface area contributed by atoms with Gasteiger partial charge in [0.2, 0.25) is 0 Å². The van der Waals surface area contributed by atoms with E-state index in [1.807, 2.05) is 5.32 Å². The van der Waals surface area contributed by atoms with Gasteiger partial charge in [0.05, 0.1) is 0 Å². The third-order valence-electron chi connectivity index (χ3n) is 2.49. The molecule has 0 aliphatic carbocycles. The molecule has 5 N–H and O–H groups in total. The van der Waals surface area contributed by atoms with Crippen molar-refractivity contribution in [2.45, 2.75) is 6.17 Å². The van der Waals surface area contributed by atoms with Crippen molar-refractivity contribution in [1.82, 2.24) is 20.0 Å². The van der Waals surface area contributed by atoms with Gasteiger partial charge in [-0.05, 0) is 0 Å². The predicted octanol–water partition coefficient (Wildman–Crippen LogP) is -12.3. The van der Waals surface area contributed by atoms with Crippen LogP contribution in [0.3, 0.4) is 0 Å². The van der Waals surface area contributed by atoms with Crippen molar-refractivity contribution in [3.8, 4) is 0 Å². The zero-order valence-corrected chi connectivity index (χ0v) is 18.8. The summed E-state index contributed by atoms with van der Waals surface area (Å²) in [6, 6.07) is -2.02. The molecule has 1 rings (SSSR count). The minimum Gasteiger partial charge on any atom is -1.00 e. The zero-order chi connectivity index (χ0) is 14.6. The van der Waals surface area contributed by atoms with E-state index in [4.69, 9.17) is 20.4 Å². The average Bonchev–Trinajstić information content (AvgIpc) is 2.62. The number of carbonyl (C=O) groups excluding carboxylic acids is 3. The fraction of sp³-hybridized carbons (Fsp3) is 0.625. The zero-order valence-electron chi connectivity index (χ0n) is 15.8. The van der Waals surface area contributed by atoms with Crippen molar-refractivity contribution in [2.24, 2.45) is 0 Å². The van der Waals surface area contributed by atoms with Crippen LogP contribution in [0.15, 0.2) is 0 Å². The topological polar surface area (TPSA) is 154 Å². The molecule has 0 aromatic carbocycles. The average molecular weight is 350 g/mol. The number of rotatable bonds is 5. The van der Waals surface area contributed by atoms with Gasteiger partial charge in [-0.2, -0.15) is 0 Å². The Morgan fingerprint density at radius 3 is 2.05 bits per heavy atom. The van der Waals surface area contributed by atoms with Crippen molar-refractivity contribution in [3.05, 3.63) is 0 Å². The number of amides is 5. The van der Waals surface area contributed by atoms with Crippen LogP contribution < -0.4 is 94.0 Å². The summed E-state index contributed by atoms with van der Waals surface area (Å²) < 4.78 is 0. The van der Waals surface area contributed by atoms with Crippen molar-refractivity contribution in [2.75, 3.05) is 26.9 Å². The number of aliphatic hydroxyl groups is 4. The molecule has 0 radical (unpaired) electrons. The van der Waals surface area contributed by atoms with E-state index < -0.39 is 51.1 Å². The van der Waals surface area contributed by atoms with Crippen LogP contribution in [0.2, 0.25) is 0 Å². The van der Waals surface area contributed by atoms with Gasteiger partial charge in [0.1, 0.15) is 26.9 Å². The fourth-order valence-electron chi connectivity index (χ4n) is 1.62. The van der Waals surface area contributed by atoms with Crippen molar-refractivity contribution >= 4 is 18.0 Å². The first-order valence-corrected chi connectivity index (χ1v) is 5.13. The molecular formula is C8H17N4Na3O7. The van der Waals surface area contributed by atoms with E-state index in [2.05, 4.69) is 0 Å². The molecule has 0 saturated carbocycles. The summed E-state index contributed by atoms with van der Waals surface area (Å²) in [4.78, 5) is 36.4. The molecule has 0 spiro atoms. The maximum absolute atomic E-state index is 11.8. The third kappa shape index (κ3) is 5.84. The van der Waals surface area contributed by atoms with Crippen LogP contribution in [-0.4, -0.2) is 86.2 Å². The van der Waals surface area contributed by atoms with Gasteiger partial charge in [0.25, 0.3) is 5.91 Å². The minimum atomic E-state index is -1.60. The molecule has 11 nitrogen and oxygen atoms in total. The van der Waals surface area contributed by atoms with Crippen LogP contribution in [-0.2, 0) is 4.79 Å². The van der Waals surface area contributed by atoms with Crippen molar-refractivity contribution < 1.29 is 128 Å². The predicted molar refractivity (Wildman–Crippen MR) is 59.9 cm³/mol. The van der Waals surface area contributed by atoms with Gasteiger partial charge in [-0.1, -0.05) is 0 Å². The van der Waals surface area contributed by atoms with E-state index in [-0.39, 0.29) is 93.0 Å². The van der Waals surface area contributed by atoms with Crippen LogP contribution in [0.4, 0.5) is 9.59 Å². The molecule has 22 heavy (non-hydrogen) atoms. The Bertz CT molecular complexity index is 402. The maximum atomic E-state index is 11.8. The molecule has 0 aromatic rings. The summed E-state index contributed by atoms with van der Waals surface area (Å²) in [6.07, 6.45) is -1.60. The number of hydrogen-bond donors (Lipinski definition) is 5. The number of aliphatic hydroxyl groups excluding tert-OH is 4. The molecule has 0 bridgehead atoms. The summed E-state index contributed by atoms with van der Waals surface area (Å²) in [5, 5.41) is 37.5. The molecule has 1 heterocycles. The third-order valence-corrected chi connectivity index (χ3v) is 2.49. The molecule has 1 saturated heterocycles.